The van der Waals surface area contributed by atoms with Gasteiger partial charge in [-0.05, 0) is 13.8 Å². The van der Waals surface area contributed by atoms with Gasteiger partial charge in [0.15, 0.2) is 0 Å². The first-order chi connectivity index (χ1) is 14.4. The molecule has 0 heterocycles. The summed E-state index contributed by atoms with van der Waals surface area (Å²) in [6.45, 7) is 5.67. The SMILES string of the molecule is CCOCC.O=P(O)(O)F.O=P(O)(O)F.O=P(O)(O)F.O=P(O)(O)F.O=P(O)(O)F.O=P(O)(O)F. The molecule has 0 rings (SSSR count). The van der Waals surface area contributed by atoms with Crippen molar-refractivity contribution in [3.8, 4) is 0 Å². The van der Waals surface area contributed by atoms with Crippen LogP contribution in [0.25, 0.3) is 0 Å². The lowest BCUT2D eigenvalue weighted by Crippen LogP contribution is -1.84. The van der Waals surface area contributed by atoms with Crippen LogP contribution in [0.15, 0.2) is 0 Å². The topological polar surface area (TPSA) is 354 Å². The zero-order chi connectivity index (χ0) is 31.1. The Morgan fingerprint density at radius 2 is 0.457 bits per heavy atom. The van der Waals surface area contributed by atoms with Crippen LogP contribution in [0, 0.1) is 0 Å². The average Bonchev–Trinajstić information content (AvgIpc) is 2.25. The smallest absolute Gasteiger partial charge is 0.382 e. The highest BCUT2D eigenvalue weighted by Gasteiger charge is 2.06. The first kappa shape index (κ1) is 52.0. The number of hydrogen-bond donors (Lipinski definition) is 12. The standard InChI is InChI=1S/C4H10O.6FH2O3P/c1-3-5-4-2;6*1-5(2,3)4/h3-4H2,1-2H3;6*(H2,2,3,4). The van der Waals surface area contributed by atoms with Crippen molar-refractivity contribution in [3.63, 3.8) is 0 Å². The molecule has 0 aliphatic rings. The lowest BCUT2D eigenvalue weighted by Gasteiger charge is -1.86. The minimum atomic E-state index is -5.14. The van der Waals surface area contributed by atoms with Gasteiger partial charge in [0, 0.05) is 13.2 Å². The van der Waals surface area contributed by atoms with Crippen LogP contribution >= 0.6 is 47.4 Å². The van der Waals surface area contributed by atoms with Gasteiger partial charge in [0.1, 0.15) is 0 Å². The van der Waals surface area contributed by atoms with Crippen molar-refractivity contribution in [1.82, 2.24) is 0 Å². The summed E-state index contributed by atoms with van der Waals surface area (Å²) in [5.74, 6) is 0. The maximum Gasteiger partial charge on any atom is 0.507 e. The van der Waals surface area contributed by atoms with Crippen LogP contribution in [0.4, 0.5) is 25.2 Å². The zero-order valence-corrected chi connectivity index (χ0v) is 22.0. The van der Waals surface area contributed by atoms with E-state index in [1.54, 1.807) is 0 Å². The third-order valence-corrected chi connectivity index (χ3v) is 0.408. The van der Waals surface area contributed by atoms with Crippen LogP contribution in [0.3, 0.4) is 0 Å². The van der Waals surface area contributed by atoms with Crippen LogP contribution in [0.1, 0.15) is 13.8 Å². The summed E-state index contributed by atoms with van der Waals surface area (Å²) in [5, 5.41) is 0. The molecule has 0 aromatic carbocycles. The summed E-state index contributed by atoms with van der Waals surface area (Å²) >= 11 is 0. The Hall–Kier alpha value is 0.440. The molecule has 0 saturated heterocycles. The highest BCUT2D eigenvalue weighted by molar-refractivity contribution is 7.46. The second kappa shape index (κ2) is 24.8. The molecule has 31 heteroatoms. The average molecular weight is 674 g/mol. The van der Waals surface area contributed by atoms with E-state index in [0.717, 1.165) is 13.2 Å². The molecule has 35 heavy (non-hydrogen) atoms. The van der Waals surface area contributed by atoms with Gasteiger partial charge in [-0.25, -0.2) is 27.4 Å². The summed E-state index contributed by atoms with van der Waals surface area (Å²) in [5.41, 5.74) is 0. The van der Waals surface area contributed by atoms with E-state index in [9.17, 15) is 25.2 Å². The molecule has 12 N–H and O–H groups in total. The van der Waals surface area contributed by atoms with Gasteiger partial charge in [0.25, 0.3) is 0 Å². The summed E-state index contributed by atoms with van der Waals surface area (Å²) in [4.78, 5) is 83.6. The van der Waals surface area contributed by atoms with Crippen molar-refractivity contribution in [1.29, 1.82) is 0 Å². The second-order valence-corrected chi connectivity index (χ2v) is 9.29. The number of halogens is 6. The van der Waals surface area contributed by atoms with Crippen molar-refractivity contribution >= 4 is 47.4 Å². The maximum atomic E-state index is 10.4. The molecule has 0 aliphatic carbocycles. The third-order valence-electron chi connectivity index (χ3n) is 0.408. The van der Waals surface area contributed by atoms with Crippen molar-refractivity contribution in [2.45, 2.75) is 13.8 Å². The fraction of sp³-hybridized carbons (Fsp3) is 1.00. The lowest BCUT2D eigenvalue weighted by atomic mass is 10.8. The van der Waals surface area contributed by atoms with Gasteiger partial charge in [-0.1, -0.05) is 0 Å². The van der Waals surface area contributed by atoms with Crippen LogP contribution in [-0.2, 0) is 32.1 Å². The van der Waals surface area contributed by atoms with Crippen molar-refractivity contribution in [2.75, 3.05) is 13.2 Å². The summed E-state index contributed by atoms with van der Waals surface area (Å²) < 4.78 is 119. The van der Waals surface area contributed by atoms with Crippen molar-refractivity contribution in [2.24, 2.45) is 0 Å². The Kier molecular flexibility index (Phi) is 36.8. The Bertz CT molecular complexity index is 534. The third kappa shape index (κ3) is 6090. The van der Waals surface area contributed by atoms with Gasteiger partial charge in [-0.3, -0.25) is 58.7 Å². The Balaban J connectivity index is -0.0000000523. The summed E-state index contributed by atoms with van der Waals surface area (Å²) in [6, 6.07) is 0. The first-order valence-electron chi connectivity index (χ1n) is 6.50. The van der Waals surface area contributed by atoms with Gasteiger partial charge in [0.2, 0.25) is 0 Å². The molecule has 224 valence electrons. The van der Waals surface area contributed by atoms with E-state index in [1.807, 2.05) is 13.8 Å². The normalized spacial score (nSPS) is 11.3. The fourth-order valence-electron chi connectivity index (χ4n) is 0.204. The Morgan fingerprint density at radius 3 is 0.457 bits per heavy atom. The van der Waals surface area contributed by atoms with Crippen LogP contribution in [-0.4, -0.2) is 71.9 Å². The second-order valence-electron chi connectivity index (χ2n) is 3.62. The maximum absolute atomic E-state index is 10.4. The van der Waals surface area contributed by atoms with Gasteiger partial charge < -0.3 is 4.74 Å². The molecular weight excluding hydrogens is 652 g/mol. The van der Waals surface area contributed by atoms with E-state index in [4.69, 9.17) is 90.8 Å². The Morgan fingerprint density at radius 1 is 0.400 bits per heavy atom. The van der Waals surface area contributed by atoms with E-state index in [2.05, 4.69) is 0 Å². The molecule has 0 aromatic rings. The fourth-order valence-corrected chi connectivity index (χ4v) is 0.204. The van der Waals surface area contributed by atoms with E-state index in [0.29, 0.717) is 0 Å². The molecule has 0 unspecified atom stereocenters. The summed E-state index contributed by atoms with van der Waals surface area (Å²) in [7, 11) is -30.8. The van der Waals surface area contributed by atoms with Crippen molar-refractivity contribution < 1.29 is 116 Å². The highest BCUT2D eigenvalue weighted by Crippen LogP contribution is 2.37. The highest BCUT2D eigenvalue weighted by atomic mass is 31.2. The van der Waals surface area contributed by atoms with Crippen LogP contribution in [0.5, 0.6) is 0 Å². The first-order valence-corrected chi connectivity index (χ1v) is 15.5. The van der Waals surface area contributed by atoms with E-state index < -0.39 is 47.4 Å². The van der Waals surface area contributed by atoms with E-state index in [-0.39, 0.29) is 0 Å². The molecule has 0 amide bonds. The predicted molar refractivity (Wildman–Crippen MR) is 101 cm³/mol. The number of ether oxygens (including phenoxy) is 1. The quantitative estimate of drug-likeness (QED) is 0.145. The lowest BCUT2D eigenvalue weighted by molar-refractivity contribution is 0.162. The molecule has 0 saturated carbocycles. The molecule has 0 radical (unpaired) electrons. The minimum Gasteiger partial charge on any atom is -0.382 e. The molecule has 0 bridgehead atoms. The van der Waals surface area contributed by atoms with Gasteiger partial charge in [0.05, 0.1) is 0 Å². The molecule has 0 atom stereocenters. The number of rotatable bonds is 2. The largest absolute Gasteiger partial charge is 0.507 e. The molecule has 19 nitrogen and oxygen atoms in total. The van der Waals surface area contributed by atoms with E-state index in [1.165, 1.54) is 0 Å². The number of hydrogen-bond acceptors (Lipinski definition) is 7. The van der Waals surface area contributed by atoms with E-state index >= 15 is 0 Å². The Labute approximate surface area is 191 Å². The summed E-state index contributed by atoms with van der Waals surface area (Å²) in [6.07, 6.45) is 0. The zero-order valence-electron chi connectivity index (χ0n) is 16.6. The predicted octanol–water partition coefficient (Wildman–Crippen LogP) is 1.33. The van der Waals surface area contributed by atoms with Gasteiger partial charge >= 0.3 is 47.4 Å². The van der Waals surface area contributed by atoms with Crippen molar-refractivity contribution in [3.05, 3.63) is 0 Å². The molecule has 0 spiro atoms. The molecule has 0 aliphatic heterocycles. The monoisotopic (exact) mass is 674 g/mol. The molecule has 0 aromatic heterocycles. The van der Waals surface area contributed by atoms with Crippen LogP contribution in [0.2, 0.25) is 0 Å². The molecule has 0 fully saturated rings. The van der Waals surface area contributed by atoms with Crippen LogP contribution < -0.4 is 0 Å². The van der Waals surface area contributed by atoms with Gasteiger partial charge in [-0.15, -0.1) is 25.2 Å². The van der Waals surface area contributed by atoms with Gasteiger partial charge in [-0.2, -0.15) is 0 Å². The minimum absolute atomic E-state index is 0.844. The molecular formula is C4H22F6O19P6.